The molecule has 1 saturated heterocycles. The average Bonchev–Trinajstić information content (AvgIpc) is 3.02. The van der Waals surface area contributed by atoms with Gasteiger partial charge in [-0.25, -0.2) is 4.79 Å². The van der Waals surface area contributed by atoms with E-state index in [1.807, 2.05) is 0 Å². The van der Waals surface area contributed by atoms with E-state index in [1.165, 1.54) is 18.3 Å². The van der Waals surface area contributed by atoms with Crippen LogP contribution in [0.2, 0.25) is 0 Å². The molecule has 0 spiro atoms. The van der Waals surface area contributed by atoms with Crippen molar-refractivity contribution in [1.29, 1.82) is 0 Å². The molecule has 3 rings (SSSR count). The van der Waals surface area contributed by atoms with Gasteiger partial charge in [0, 0.05) is 31.6 Å². The van der Waals surface area contributed by atoms with E-state index < -0.39 is 17.8 Å². The van der Waals surface area contributed by atoms with Gasteiger partial charge in [-0.15, -0.1) is 0 Å². The van der Waals surface area contributed by atoms with Crippen molar-refractivity contribution in [3.63, 3.8) is 0 Å². The first-order chi connectivity index (χ1) is 12.4. The summed E-state index contributed by atoms with van der Waals surface area (Å²) in [4.78, 5) is 12.0. The summed E-state index contributed by atoms with van der Waals surface area (Å²) in [5.41, 5.74) is 0.0180. The minimum atomic E-state index is -4.40. The first-order valence-electron chi connectivity index (χ1n) is 8.25. The van der Waals surface area contributed by atoms with Gasteiger partial charge in [0.1, 0.15) is 0 Å². The maximum absolute atomic E-state index is 12.5. The van der Waals surface area contributed by atoms with Crippen LogP contribution in [-0.4, -0.2) is 29.0 Å². The summed E-state index contributed by atoms with van der Waals surface area (Å²) in [6.07, 6.45) is 0.821. The largest absolute Gasteiger partial charge is 0.416 e. The summed E-state index contributed by atoms with van der Waals surface area (Å²) in [5.74, 6) is 0.498. The third kappa shape index (κ3) is 4.98. The topological polar surface area (TPSA) is 68.2 Å². The summed E-state index contributed by atoms with van der Waals surface area (Å²) < 4.78 is 44.7. The smallest absolute Gasteiger partial charge is 0.381 e. The van der Waals surface area contributed by atoms with Crippen molar-refractivity contribution < 1.29 is 22.7 Å². The van der Waals surface area contributed by atoms with Gasteiger partial charge in [-0.2, -0.15) is 18.3 Å². The van der Waals surface area contributed by atoms with Gasteiger partial charge >= 0.3 is 12.2 Å². The van der Waals surface area contributed by atoms with E-state index in [4.69, 9.17) is 4.74 Å². The average molecular weight is 368 g/mol. The van der Waals surface area contributed by atoms with Crippen LogP contribution in [0.4, 0.5) is 29.3 Å². The number of carbonyl (C=O) groups is 1. The predicted molar refractivity (Wildman–Crippen MR) is 89.9 cm³/mol. The lowest BCUT2D eigenvalue weighted by molar-refractivity contribution is -0.137. The minimum absolute atomic E-state index is 0.269. The fraction of sp³-hybridized carbons (Fsp3) is 0.412. The number of nitrogens with one attached hydrogen (secondary N) is 2. The fourth-order valence-electron chi connectivity index (χ4n) is 2.76. The van der Waals surface area contributed by atoms with Gasteiger partial charge < -0.3 is 15.4 Å². The molecule has 0 bridgehead atoms. The molecule has 2 N–H and O–H groups in total. The Bertz CT molecular complexity index is 737. The standard InChI is InChI=1S/C17H19F3N4O2/c18-17(19,20)13-1-3-14(4-2-13)22-16(25)23-15-9-21-24(11-15)10-12-5-7-26-8-6-12/h1-4,9,11-12H,5-8,10H2,(H2,22,23,25). The second kappa shape index (κ2) is 7.77. The number of rotatable bonds is 4. The van der Waals surface area contributed by atoms with Crippen LogP contribution in [-0.2, 0) is 17.5 Å². The third-order valence-corrected chi connectivity index (χ3v) is 4.15. The molecule has 6 nitrogen and oxygen atoms in total. The highest BCUT2D eigenvalue weighted by atomic mass is 19.4. The van der Waals surface area contributed by atoms with Gasteiger partial charge in [0.2, 0.25) is 0 Å². The molecule has 26 heavy (non-hydrogen) atoms. The molecule has 1 fully saturated rings. The zero-order chi connectivity index (χ0) is 18.6. The second-order valence-corrected chi connectivity index (χ2v) is 6.16. The lowest BCUT2D eigenvalue weighted by Gasteiger charge is -2.21. The number of alkyl halides is 3. The Morgan fingerprint density at radius 1 is 1.15 bits per heavy atom. The molecule has 1 aromatic heterocycles. The Balaban J connectivity index is 1.51. The molecule has 2 amide bonds. The van der Waals surface area contributed by atoms with E-state index in [0.29, 0.717) is 11.6 Å². The molecule has 0 saturated carbocycles. The van der Waals surface area contributed by atoms with Gasteiger partial charge in [-0.05, 0) is 43.0 Å². The summed E-state index contributed by atoms with van der Waals surface area (Å²) in [5, 5.41) is 9.32. The number of carbonyl (C=O) groups excluding carboxylic acids is 1. The second-order valence-electron chi connectivity index (χ2n) is 6.16. The zero-order valence-corrected chi connectivity index (χ0v) is 13.9. The van der Waals surface area contributed by atoms with Crippen LogP contribution in [0.5, 0.6) is 0 Å². The van der Waals surface area contributed by atoms with Crippen LogP contribution in [0.25, 0.3) is 0 Å². The van der Waals surface area contributed by atoms with Gasteiger partial charge in [-0.1, -0.05) is 0 Å². The van der Waals surface area contributed by atoms with Crippen molar-refractivity contribution in [2.24, 2.45) is 5.92 Å². The Kier molecular flexibility index (Phi) is 5.46. The summed E-state index contributed by atoms with van der Waals surface area (Å²) in [6, 6.07) is 3.70. The lowest BCUT2D eigenvalue weighted by Crippen LogP contribution is -2.21. The van der Waals surface area contributed by atoms with Crippen molar-refractivity contribution >= 4 is 17.4 Å². The quantitative estimate of drug-likeness (QED) is 0.858. The summed E-state index contributed by atoms with van der Waals surface area (Å²) >= 11 is 0. The number of hydrogen-bond acceptors (Lipinski definition) is 3. The van der Waals surface area contributed by atoms with Crippen LogP contribution >= 0.6 is 0 Å². The Labute approximate surface area is 148 Å². The minimum Gasteiger partial charge on any atom is -0.381 e. The molecule has 140 valence electrons. The number of benzene rings is 1. The van der Waals surface area contributed by atoms with Gasteiger partial charge in [0.15, 0.2) is 0 Å². The van der Waals surface area contributed by atoms with Crippen molar-refractivity contribution in [2.75, 3.05) is 23.8 Å². The van der Waals surface area contributed by atoms with Gasteiger partial charge in [0.25, 0.3) is 0 Å². The summed E-state index contributed by atoms with van der Waals surface area (Å²) in [6.45, 7) is 2.27. The highest BCUT2D eigenvalue weighted by molar-refractivity contribution is 5.99. The number of urea groups is 1. The highest BCUT2D eigenvalue weighted by Gasteiger charge is 2.30. The number of nitrogens with zero attached hydrogens (tertiary/aromatic N) is 2. The number of halogens is 3. The maximum atomic E-state index is 12.5. The van der Waals surface area contributed by atoms with Gasteiger partial charge in [-0.3, -0.25) is 4.68 Å². The molecule has 0 radical (unpaired) electrons. The molecule has 0 atom stereocenters. The van der Waals surface area contributed by atoms with Crippen LogP contribution in [0.1, 0.15) is 18.4 Å². The molecule has 0 aliphatic carbocycles. The fourth-order valence-corrected chi connectivity index (χ4v) is 2.76. The lowest BCUT2D eigenvalue weighted by atomic mass is 10.0. The third-order valence-electron chi connectivity index (χ3n) is 4.15. The normalized spacial score (nSPS) is 15.7. The molecule has 0 unspecified atom stereocenters. The van der Waals surface area contributed by atoms with Crippen molar-refractivity contribution in [3.05, 3.63) is 42.2 Å². The van der Waals surface area contributed by atoms with Crippen LogP contribution in [0, 0.1) is 5.92 Å². The van der Waals surface area contributed by atoms with Crippen LogP contribution < -0.4 is 10.6 Å². The van der Waals surface area contributed by atoms with E-state index in [1.54, 1.807) is 10.9 Å². The van der Waals surface area contributed by atoms with E-state index in [9.17, 15) is 18.0 Å². The Morgan fingerprint density at radius 3 is 2.46 bits per heavy atom. The number of aromatic nitrogens is 2. The number of anilines is 2. The molecule has 1 aromatic carbocycles. The van der Waals surface area contributed by atoms with Crippen molar-refractivity contribution in [3.8, 4) is 0 Å². The van der Waals surface area contributed by atoms with Gasteiger partial charge in [0.05, 0.1) is 17.4 Å². The number of hydrogen-bond donors (Lipinski definition) is 2. The van der Waals surface area contributed by atoms with E-state index in [2.05, 4.69) is 15.7 Å². The number of amides is 2. The summed E-state index contributed by atoms with van der Waals surface area (Å²) in [7, 11) is 0. The van der Waals surface area contributed by atoms with E-state index in [-0.39, 0.29) is 5.69 Å². The highest BCUT2D eigenvalue weighted by Crippen LogP contribution is 2.29. The van der Waals surface area contributed by atoms with Crippen LogP contribution in [0.3, 0.4) is 0 Å². The molecular weight excluding hydrogens is 349 g/mol. The van der Waals surface area contributed by atoms with Crippen molar-refractivity contribution in [2.45, 2.75) is 25.6 Å². The first-order valence-corrected chi connectivity index (χ1v) is 8.25. The Hall–Kier alpha value is -2.55. The zero-order valence-electron chi connectivity index (χ0n) is 13.9. The predicted octanol–water partition coefficient (Wildman–Crippen LogP) is 3.97. The first kappa shape index (κ1) is 18.2. The van der Waals surface area contributed by atoms with Crippen LogP contribution in [0.15, 0.2) is 36.7 Å². The SMILES string of the molecule is O=C(Nc1ccc(C(F)(F)F)cc1)Nc1cnn(CC2CCOCC2)c1. The molecular formula is C17H19F3N4O2. The molecule has 9 heteroatoms. The van der Waals surface area contributed by atoms with Crippen molar-refractivity contribution in [1.82, 2.24) is 9.78 Å². The Morgan fingerprint density at radius 2 is 1.81 bits per heavy atom. The number of ether oxygens (including phenoxy) is 1. The van der Waals surface area contributed by atoms with E-state index in [0.717, 1.165) is 44.7 Å². The molecule has 2 heterocycles. The molecule has 2 aromatic rings. The maximum Gasteiger partial charge on any atom is 0.416 e. The molecule has 1 aliphatic heterocycles. The monoisotopic (exact) mass is 368 g/mol. The van der Waals surface area contributed by atoms with E-state index >= 15 is 0 Å². The molecule has 1 aliphatic rings.